The highest BCUT2D eigenvalue weighted by molar-refractivity contribution is 4.98. The monoisotopic (exact) mass is 210 g/mol. The van der Waals surface area contributed by atoms with E-state index in [0.717, 1.165) is 12.1 Å². The molecule has 1 spiro atoms. The van der Waals surface area contributed by atoms with Gasteiger partial charge in [-0.3, -0.25) is 0 Å². The Morgan fingerprint density at radius 2 is 1.20 bits per heavy atom. The van der Waals surface area contributed by atoms with Crippen LogP contribution in [0.15, 0.2) is 0 Å². The average molecular weight is 210 g/mol. The zero-order chi connectivity index (χ0) is 11.1. The number of nitrogens with zero attached hydrogens (tertiary/aromatic N) is 2. The van der Waals surface area contributed by atoms with Gasteiger partial charge in [-0.2, -0.15) is 0 Å². The summed E-state index contributed by atoms with van der Waals surface area (Å²) in [5.41, 5.74) is 0.647. The van der Waals surface area contributed by atoms with Crippen LogP contribution in [0, 0.1) is 5.41 Å². The zero-order valence-corrected chi connectivity index (χ0v) is 10.8. The number of hydrogen-bond acceptors (Lipinski definition) is 2. The first-order valence-electron chi connectivity index (χ1n) is 6.50. The first-order valence-corrected chi connectivity index (χ1v) is 6.50. The number of rotatable bonds is 2. The van der Waals surface area contributed by atoms with Gasteiger partial charge >= 0.3 is 0 Å². The van der Waals surface area contributed by atoms with Gasteiger partial charge in [0.05, 0.1) is 0 Å². The molecular formula is C13H26N2. The van der Waals surface area contributed by atoms with E-state index in [1.54, 1.807) is 0 Å². The minimum atomic E-state index is 0.647. The largest absolute Gasteiger partial charge is 0.300 e. The molecule has 2 saturated heterocycles. The highest BCUT2D eigenvalue weighted by atomic mass is 15.2. The predicted molar refractivity (Wildman–Crippen MR) is 65.1 cm³/mol. The van der Waals surface area contributed by atoms with E-state index in [0.29, 0.717) is 5.41 Å². The fraction of sp³-hybridized carbons (Fsp3) is 1.00. The van der Waals surface area contributed by atoms with E-state index in [-0.39, 0.29) is 0 Å². The van der Waals surface area contributed by atoms with Crippen molar-refractivity contribution < 1.29 is 0 Å². The SMILES string of the molecule is CC(C)N1CCC2(CCN(C(C)C)C2)C1. The van der Waals surface area contributed by atoms with Gasteiger partial charge in [0.15, 0.2) is 0 Å². The summed E-state index contributed by atoms with van der Waals surface area (Å²) in [6, 6.07) is 1.47. The van der Waals surface area contributed by atoms with Gasteiger partial charge in [0.25, 0.3) is 0 Å². The predicted octanol–water partition coefficient (Wildman–Crippen LogP) is 2.20. The van der Waals surface area contributed by atoms with Crippen molar-refractivity contribution in [3.63, 3.8) is 0 Å². The average Bonchev–Trinajstić information content (AvgIpc) is 2.74. The fourth-order valence-electron chi connectivity index (χ4n) is 3.15. The fourth-order valence-corrected chi connectivity index (χ4v) is 3.15. The molecule has 0 N–H and O–H groups in total. The van der Waals surface area contributed by atoms with Crippen molar-refractivity contribution in [3.8, 4) is 0 Å². The third-order valence-electron chi connectivity index (χ3n) is 4.40. The molecule has 2 aliphatic rings. The lowest BCUT2D eigenvalue weighted by Crippen LogP contribution is -2.35. The minimum absolute atomic E-state index is 0.647. The zero-order valence-electron chi connectivity index (χ0n) is 10.8. The minimum Gasteiger partial charge on any atom is -0.300 e. The van der Waals surface area contributed by atoms with E-state index in [2.05, 4.69) is 37.5 Å². The van der Waals surface area contributed by atoms with E-state index in [4.69, 9.17) is 0 Å². The van der Waals surface area contributed by atoms with Crippen LogP contribution in [-0.4, -0.2) is 48.1 Å². The lowest BCUT2D eigenvalue weighted by molar-refractivity contribution is 0.201. The molecule has 2 fully saturated rings. The molecule has 2 heteroatoms. The Labute approximate surface area is 94.6 Å². The highest BCUT2D eigenvalue weighted by Crippen LogP contribution is 2.40. The molecular weight excluding hydrogens is 184 g/mol. The van der Waals surface area contributed by atoms with Crippen LogP contribution in [0.25, 0.3) is 0 Å². The van der Waals surface area contributed by atoms with E-state index < -0.39 is 0 Å². The Morgan fingerprint density at radius 3 is 1.47 bits per heavy atom. The smallest absolute Gasteiger partial charge is 0.00539 e. The molecule has 0 unspecified atom stereocenters. The molecule has 0 saturated carbocycles. The maximum atomic E-state index is 2.66. The van der Waals surface area contributed by atoms with Gasteiger partial charge < -0.3 is 9.80 Å². The van der Waals surface area contributed by atoms with Crippen molar-refractivity contribution in [1.82, 2.24) is 9.80 Å². The van der Waals surface area contributed by atoms with Gasteiger partial charge in [-0.1, -0.05) is 0 Å². The normalized spacial score (nSPS) is 27.6. The van der Waals surface area contributed by atoms with Gasteiger partial charge in [-0.25, -0.2) is 0 Å². The van der Waals surface area contributed by atoms with Crippen LogP contribution in [0.2, 0.25) is 0 Å². The van der Waals surface area contributed by atoms with Crippen molar-refractivity contribution in [3.05, 3.63) is 0 Å². The molecule has 2 rings (SSSR count). The molecule has 0 atom stereocenters. The second-order valence-electron chi connectivity index (χ2n) is 6.13. The van der Waals surface area contributed by atoms with Gasteiger partial charge in [0.1, 0.15) is 0 Å². The van der Waals surface area contributed by atoms with Crippen LogP contribution < -0.4 is 0 Å². The first kappa shape index (κ1) is 11.4. The van der Waals surface area contributed by atoms with Gasteiger partial charge in [0.2, 0.25) is 0 Å². The molecule has 0 aromatic rings. The molecule has 0 amide bonds. The van der Waals surface area contributed by atoms with E-state index in [1.165, 1.54) is 39.0 Å². The molecule has 0 aromatic carbocycles. The summed E-state index contributed by atoms with van der Waals surface area (Å²) >= 11 is 0. The quantitative estimate of drug-likeness (QED) is 0.689. The molecule has 88 valence electrons. The Kier molecular flexibility index (Phi) is 3.09. The number of hydrogen-bond donors (Lipinski definition) is 0. The van der Waals surface area contributed by atoms with Crippen molar-refractivity contribution in [2.24, 2.45) is 5.41 Å². The summed E-state index contributed by atoms with van der Waals surface area (Å²) in [4.78, 5) is 5.31. The Morgan fingerprint density at radius 1 is 0.800 bits per heavy atom. The summed E-state index contributed by atoms with van der Waals surface area (Å²) < 4.78 is 0. The van der Waals surface area contributed by atoms with Crippen molar-refractivity contribution in [1.29, 1.82) is 0 Å². The molecule has 2 aliphatic heterocycles. The second-order valence-corrected chi connectivity index (χ2v) is 6.13. The lowest BCUT2D eigenvalue weighted by Gasteiger charge is -2.27. The van der Waals surface area contributed by atoms with Crippen LogP contribution in [0.1, 0.15) is 40.5 Å². The van der Waals surface area contributed by atoms with Gasteiger partial charge in [0, 0.05) is 25.2 Å². The molecule has 0 bridgehead atoms. The summed E-state index contributed by atoms with van der Waals surface area (Å²) in [5, 5.41) is 0. The molecule has 15 heavy (non-hydrogen) atoms. The van der Waals surface area contributed by atoms with Gasteiger partial charge in [-0.15, -0.1) is 0 Å². The maximum Gasteiger partial charge on any atom is 0.00539 e. The van der Waals surface area contributed by atoms with E-state index in [1.807, 2.05) is 0 Å². The Balaban J connectivity index is 1.95. The summed E-state index contributed by atoms with van der Waals surface area (Å²) in [5.74, 6) is 0. The van der Waals surface area contributed by atoms with Crippen molar-refractivity contribution >= 4 is 0 Å². The van der Waals surface area contributed by atoms with Crippen LogP contribution >= 0.6 is 0 Å². The third-order valence-corrected chi connectivity index (χ3v) is 4.40. The molecule has 0 radical (unpaired) electrons. The maximum absolute atomic E-state index is 2.66. The molecule has 2 heterocycles. The standard InChI is InChI=1S/C13H26N2/c1-11(2)14-7-5-13(9-14)6-8-15(10-13)12(3)4/h11-12H,5-10H2,1-4H3. The Hall–Kier alpha value is -0.0800. The van der Waals surface area contributed by atoms with E-state index in [9.17, 15) is 0 Å². The summed E-state index contributed by atoms with van der Waals surface area (Å²) in [6.45, 7) is 14.6. The molecule has 0 aliphatic carbocycles. The Bertz CT molecular complexity index is 199. The summed E-state index contributed by atoms with van der Waals surface area (Å²) in [6.07, 6.45) is 2.85. The van der Waals surface area contributed by atoms with Crippen LogP contribution in [0.3, 0.4) is 0 Å². The first-order chi connectivity index (χ1) is 7.02. The van der Waals surface area contributed by atoms with Crippen molar-refractivity contribution in [2.45, 2.75) is 52.6 Å². The highest BCUT2D eigenvalue weighted by Gasteiger charge is 2.44. The topological polar surface area (TPSA) is 6.48 Å². The number of likely N-dealkylation sites (tertiary alicyclic amines) is 2. The van der Waals surface area contributed by atoms with E-state index >= 15 is 0 Å². The molecule has 2 nitrogen and oxygen atoms in total. The second kappa shape index (κ2) is 4.06. The van der Waals surface area contributed by atoms with Crippen LogP contribution in [0.4, 0.5) is 0 Å². The van der Waals surface area contributed by atoms with Gasteiger partial charge in [-0.05, 0) is 59.0 Å². The lowest BCUT2D eigenvalue weighted by atomic mass is 9.86. The van der Waals surface area contributed by atoms with Crippen LogP contribution in [0.5, 0.6) is 0 Å². The van der Waals surface area contributed by atoms with Crippen LogP contribution in [-0.2, 0) is 0 Å². The van der Waals surface area contributed by atoms with Crippen molar-refractivity contribution in [2.75, 3.05) is 26.2 Å². The molecule has 0 aromatic heterocycles. The summed E-state index contributed by atoms with van der Waals surface area (Å²) in [7, 11) is 0. The third kappa shape index (κ3) is 2.21.